The Morgan fingerprint density at radius 2 is 1.36 bits per heavy atom. The van der Waals surface area contributed by atoms with Gasteiger partial charge in [-0.2, -0.15) is 0 Å². The maximum absolute atomic E-state index is 13.2. The number of rotatable bonds is 7. The molecule has 39 heavy (non-hydrogen) atoms. The van der Waals surface area contributed by atoms with Crippen molar-refractivity contribution < 1.29 is 31.9 Å². The van der Waals surface area contributed by atoms with E-state index in [9.17, 15) is 31.9 Å². The van der Waals surface area contributed by atoms with Gasteiger partial charge >= 0.3 is 5.97 Å². The van der Waals surface area contributed by atoms with Crippen LogP contribution in [0.4, 0.5) is 0 Å². The topological polar surface area (TPSA) is 162 Å². The molecular weight excluding hydrogens is 542 g/mol. The van der Waals surface area contributed by atoms with E-state index in [0.717, 1.165) is 25.7 Å². The highest BCUT2D eigenvalue weighted by Crippen LogP contribution is 2.45. The smallest absolute Gasteiger partial charge is 0.306 e. The largest absolute Gasteiger partial charge is 0.481 e. The predicted molar refractivity (Wildman–Crippen MR) is 143 cm³/mol. The van der Waals surface area contributed by atoms with Crippen molar-refractivity contribution >= 4 is 31.7 Å². The molecule has 4 aliphatic rings. The van der Waals surface area contributed by atoms with Crippen molar-refractivity contribution in [2.75, 3.05) is 0 Å². The number of nitrogens with zero attached hydrogens (tertiary/aromatic N) is 1. The summed E-state index contributed by atoms with van der Waals surface area (Å²) in [5.41, 5.74) is 2.21. The Balaban J connectivity index is 1.24. The number of sulfonamides is 2. The van der Waals surface area contributed by atoms with E-state index in [1.807, 2.05) is 0 Å². The Morgan fingerprint density at radius 3 is 1.85 bits per heavy atom. The first-order valence-electron chi connectivity index (χ1n) is 13.3. The van der Waals surface area contributed by atoms with Crippen LogP contribution in [0.2, 0.25) is 0 Å². The third-order valence-corrected chi connectivity index (χ3v) is 12.0. The number of nitrogens with one attached hydrogen (secondary N) is 2. The molecule has 0 heterocycles. The molecule has 3 saturated carbocycles. The van der Waals surface area contributed by atoms with Crippen LogP contribution in [0.1, 0.15) is 62.5 Å². The van der Waals surface area contributed by atoms with Crippen molar-refractivity contribution in [1.29, 1.82) is 0 Å². The van der Waals surface area contributed by atoms with E-state index in [1.54, 1.807) is 12.1 Å². The summed E-state index contributed by atoms with van der Waals surface area (Å²) in [7, 11) is -7.72. The highest BCUT2D eigenvalue weighted by Gasteiger charge is 2.41. The minimum atomic E-state index is -3.93. The van der Waals surface area contributed by atoms with Crippen molar-refractivity contribution in [3.8, 4) is 11.1 Å². The number of fused-ring (bicyclic) bond motifs is 5. The summed E-state index contributed by atoms with van der Waals surface area (Å²) in [4.78, 5) is 11.3. The Kier molecular flexibility index (Phi) is 6.56. The van der Waals surface area contributed by atoms with E-state index in [0.29, 0.717) is 59.8 Å². The number of aliphatic carboxylic acids is 1. The van der Waals surface area contributed by atoms with E-state index in [4.69, 9.17) is 0 Å². The number of carbonyl (C=O) groups is 1. The summed E-state index contributed by atoms with van der Waals surface area (Å²) in [6.07, 6.45) is 5.81. The van der Waals surface area contributed by atoms with Gasteiger partial charge in [-0.3, -0.25) is 4.79 Å². The summed E-state index contributed by atoms with van der Waals surface area (Å²) < 4.78 is 58.4. The van der Waals surface area contributed by atoms with Crippen LogP contribution in [0.25, 0.3) is 11.1 Å². The molecule has 10 nitrogen and oxygen atoms in total. The van der Waals surface area contributed by atoms with Crippen LogP contribution >= 0.6 is 0 Å². The van der Waals surface area contributed by atoms with Crippen molar-refractivity contribution in [1.82, 2.24) is 9.44 Å². The van der Waals surface area contributed by atoms with E-state index >= 15 is 0 Å². The van der Waals surface area contributed by atoms with E-state index < -0.39 is 31.9 Å². The summed E-state index contributed by atoms with van der Waals surface area (Å²) >= 11 is 0. The van der Waals surface area contributed by atoms with Crippen molar-refractivity contribution in [3.05, 3.63) is 47.5 Å². The lowest BCUT2D eigenvalue weighted by Crippen LogP contribution is -2.38. The zero-order valence-electron chi connectivity index (χ0n) is 21.2. The van der Waals surface area contributed by atoms with Gasteiger partial charge in [0.05, 0.1) is 15.7 Å². The summed E-state index contributed by atoms with van der Waals surface area (Å²) in [5, 5.41) is 22.5. The normalized spacial score (nSPS) is 28.9. The molecule has 4 aliphatic carbocycles. The lowest BCUT2D eigenvalue weighted by molar-refractivity contribution is -0.142. The second-order valence-electron chi connectivity index (χ2n) is 11.3. The van der Waals surface area contributed by atoms with Gasteiger partial charge in [0, 0.05) is 23.2 Å². The number of benzene rings is 2. The average Bonchev–Trinajstić information content (AvgIpc) is 3.60. The SMILES string of the molecule is O=C(O)C1CCC(NS(=O)(=O)c2ccc3c(c2)C(=NO)c2cc(S(=O)(=O)NC4CC5CCC4C5)ccc2-3)CC1. The molecule has 2 bridgehead atoms. The first-order chi connectivity index (χ1) is 18.6. The number of oxime groups is 1. The second kappa shape index (κ2) is 9.69. The molecule has 0 aromatic heterocycles. The molecule has 12 heteroatoms. The van der Waals surface area contributed by atoms with Crippen LogP contribution in [0, 0.1) is 17.8 Å². The van der Waals surface area contributed by atoms with Gasteiger partial charge in [0.25, 0.3) is 0 Å². The third-order valence-electron chi connectivity index (χ3n) is 8.95. The van der Waals surface area contributed by atoms with Crippen LogP contribution in [-0.2, 0) is 24.8 Å². The first-order valence-corrected chi connectivity index (χ1v) is 16.3. The third kappa shape index (κ3) is 4.77. The second-order valence-corrected chi connectivity index (χ2v) is 14.7. The standard InChI is InChI=1S/C27H31N3O7S2/c31-27(32)16-3-5-18(6-4-16)29-38(34,35)19-7-9-21-22-10-8-20(14-24(22)26(28-33)23(21)13-19)39(36,37)30-25-12-15-1-2-17(25)11-15/h7-10,13-18,25,29-30,33H,1-6,11-12H2,(H,31,32). The predicted octanol–water partition coefficient (Wildman–Crippen LogP) is 3.28. The quantitative estimate of drug-likeness (QED) is 0.249. The number of hydrogen-bond acceptors (Lipinski definition) is 7. The number of hydrogen-bond donors (Lipinski definition) is 4. The van der Waals surface area contributed by atoms with Gasteiger partial charge in [-0.15, -0.1) is 0 Å². The molecule has 3 fully saturated rings. The van der Waals surface area contributed by atoms with Crippen molar-refractivity contribution in [3.63, 3.8) is 0 Å². The Bertz CT molecular complexity index is 1580. The van der Waals surface area contributed by atoms with Crippen LogP contribution in [0.3, 0.4) is 0 Å². The lowest BCUT2D eigenvalue weighted by Gasteiger charge is -2.26. The Hall–Kier alpha value is -2.80. The van der Waals surface area contributed by atoms with Crippen LogP contribution in [-0.4, -0.2) is 50.9 Å². The first kappa shape index (κ1) is 26.4. The minimum absolute atomic E-state index is 0.0126. The highest BCUT2D eigenvalue weighted by molar-refractivity contribution is 7.89. The van der Waals surface area contributed by atoms with Gasteiger partial charge in [-0.25, -0.2) is 26.3 Å². The lowest BCUT2D eigenvalue weighted by atomic mass is 9.87. The van der Waals surface area contributed by atoms with Gasteiger partial charge in [0.2, 0.25) is 20.0 Å². The van der Waals surface area contributed by atoms with E-state index in [-0.39, 0.29) is 27.6 Å². The summed E-state index contributed by atoms with van der Waals surface area (Å²) in [6, 6.07) is 8.76. The fourth-order valence-electron chi connectivity index (χ4n) is 6.90. The molecule has 0 amide bonds. The fraction of sp³-hybridized carbons (Fsp3) is 0.481. The van der Waals surface area contributed by atoms with Gasteiger partial charge in [-0.05, 0) is 92.2 Å². The molecule has 3 unspecified atom stereocenters. The molecule has 0 radical (unpaired) electrons. The van der Waals surface area contributed by atoms with Gasteiger partial charge in [0.15, 0.2) is 0 Å². The summed E-state index contributed by atoms with van der Waals surface area (Å²) in [6.45, 7) is 0. The van der Waals surface area contributed by atoms with E-state index in [1.165, 1.54) is 24.3 Å². The molecule has 208 valence electrons. The molecule has 4 N–H and O–H groups in total. The molecule has 6 rings (SSSR count). The van der Waals surface area contributed by atoms with Gasteiger partial charge < -0.3 is 10.3 Å². The number of carboxylic acids is 1. The Morgan fingerprint density at radius 1 is 0.769 bits per heavy atom. The van der Waals surface area contributed by atoms with Crippen LogP contribution in [0.5, 0.6) is 0 Å². The van der Waals surface area contributed by atoms with Gasteiger partial charge in [0.1, 0.15) is 5.71 Å². The fourth-order valence-corrected chi connectivity index (χ4v) is 9.57. The zero-order valence-corrected chi connectivity index (χ0v) is 22.8. The zero-order chi connectivity index (χ0) is 27.5. The highest BCUT2D eigenvalue weighted by atomic mass is 32.2. The van der Waals surface area contributed by atoms with Crippen molar-refractivity contribution in [2.24, 2.45) is 22.9 Å². The van der Waals surface area contributed by atoms with Crippen LogP contribution < -0.4 is 9.44 Å². The molecule has 3 atom stereocenters. The minimum Gasteiger partial charge on any atom is -0.481 e. The summed E-state index contributed by atoms with van der Waals surface area (Å²) in [5.74, 6) is -0.350. The van der Waals surface area contributed by atoms with Gasteiger partial charge in [-0.1, -0.05) is 23.7 Å². The molecule has 0 spiro atoms. The molecule has 2 aromatic rings. The molecule has 0 saturated heterocycles. The molecular formula is C27H31N3O7S2. The van der Waals surface area contributed by atoms with E-state index in [2.05, 4.69) is 14.6 Å². The monoisotopic (exact) mass is 573 g/mol. The molecule has 0 aliphatic heterocycles. The Labute approximate surface area is 227 Å². The number of carboxylic acid groups (broad SMARTS) is 1. The van der Waals surface area contributed by atoms with Crippen molar-refractivity contribution in [2.45, 2.75) is 73.2 Å². The maximum atomic E-state index is 13.2. The molecule has 2 aromatic carbocycles. The maximum Gasteiger partial charge on any atom is 0.306 e. The van der Waals surface area contributed by atoms with Crippen LogP contribution in [0.15, 0.2) is 51.3 Å². The average molecular weight is 574 g/mol.